The van der Waals surface area contributed by atoms with E-state index in [2.05, 4.69) is 54.7 Å². The van der Waals surface area contributed by atoms with Gasteiger partial charge < -0.3 is 5.32 Å². The second kappa shape index (κ2) is 6.02. The average molecular weight is 257 g/mol. The molecule has 0 aliphatic carbocycles. The molecule has 0 saturated carbocycles. The molecule has 0 spiro atoms. The predicted octanol–water partition coefficient (Wildman–Crippen LogP) is 2.79. The molecule has 2 aromatic rings. The fourth-order valence-electron chi connectivity index (χ4n) is 2.45. The molecule has 0 amide bonds. The van der Waals surface area contributed by atoms with Crippen molar-refractivity contribution < 1.29 is 0 Å². The summed E-state index contributed by atoms with van der Waals surface area (Å²) in [5.74, 6) is 0. The van der Waals surface area contributed by atoms with Gasteiger partial charge in [0.1, 0.15) is 0 Å². The number of nitrogens with zero attached hydrogens (tertiary/aromatic N) is 2. The minimum absolute atomic E-state index is 0.325. The Balaban J connectivity index is 2.22. The first-order chi connectivity index (χ1) is 9.13. The largest absolute Gasteiger partial charge is 0.313 e. The maximum atomic E-state index is 4.53. The average Bonchev–Trinajstić information content (AvgIpc) is 2.79. The number of likely N-dealkylation sites (N-methyl/N-ethyl adjacent to an activating group) is 1. The Morgan fingerprint density at radius 1 is 1.26 bits per heavy atom. The summed E-state index contributed by atoms with van der Waals surface area (Å²) in [7, 11) is 4.01. The minimum Gasteiger partial charge on any atom is -0.313 e. The summed E-state index contributed by atoms with van der Waals surface area (Å²) >= 11 is 0. The Labute approximate surface area is 115 Å². The first-order valence-electron chi connectivity index (χ1n) is 6.89. The van der Waals surface area contributed by atoms with E-state index in [1.54, 1.807) is 0 Å². The number of aromatic nitrogens is 2. The summed E-state index contributed by atoms with van der Waals surface area (Å²) in [4.78, 5) is 0. The van der Waals surface area contributed by atoms with Crippen LogP contribution >= 0.6 is 0 Å². The standard InChI is InChI=1S/C16H23N3/c1-5-15-14(11-19(4)18-15)16(17-3)10-13-8-6-12(2)7-9-13/h6-9,11,16-17H,5,10H2,1-4H3. The molecule has 3 heteroatoms. The van der Waals surface area contributed by atoms with Crippen molar-refractivity contribution >= 4 is 0 Å². The van der Waals surface area contributed by atoms with Crippen LogP contribution in [-0.4, -0.2) is 16.8 Å². The zero-order chi connectivity index (χ0) is 13.8. The lowest BCUT2D eigenvalue weighted by Crippen LogP contribution is -2.19. The van der Waals surface area contributed by atoms with E-state index >= 15 is 0 Å². The van der Waals surface area contributed by atoms with Gasteiger partial charge in [0.05, 0.1) is 5.69 Å². The number of hydrogen-bond acceptors (Lipinski definition) is 2. The summed E-state index contributed by atoms with van der Waals surface area (Å²) in [5.41, 5.74) is 5.17. The fraction of sp³-hybridized carbons (Fsp3) is 0.438. The number of rotatable bonds is 5. The molecule has 0 bridgehead atoms. The summed E-state index contributed by atoms with van der Waals surface area (Å²) in [6.07, 6.45) is 4.10. The Morgan fingerprint density at radius 2 is 1.95 bits per heavy atom. The van der Waals surface area contributed by atoms with Gasteiger partial charge in [0.2, 0.25) is 0 Å². The summed E-state index contributed by atoms with van der Waals surface area (Å²) in [6.45, 7) is 4.28. The van der Waals surface area contributed by atoms with E-state index in [-0.39, 0.29) is 0 Å². The van der Waals surface area contributed by atoms with E-state index in [1.165, 1.54) is 22.4 Å². The van der Waals surface area contributed by atoms with Gasteiger partial charge in [-0.2, -0.15) is 5.10 Å². The topological polar surface area (TPSA) is 29.9 Å². The quantitative estimate of drug-likeness (QED) is 0.892. The molecule has 1 aromatic carbocycles. The van der Waals surface area contributed by atoms with Crippen molar-refractivity contribution in [3.05, 3.63) is 52.8 Å². The Hall–Kier alpha value is -1.61. The normalized spacial score (nSPS) is 12.6. The highest BCUT2D eigenvalue weighted by Gasteiger charge is 2.16. The van der Waals surface area contributed by atoms with Crippen LogP contribution in [0.3, 0.4) is 0 Å². The van der Waals surface area contributed by atoms with Crippen molar-refractivity contribution in [3.8, 4) is 0 Å². The van der Waals surface area contributed by atoms with Gasteiger partial charge in [-0.1, -0.05) is 36.8 Å². The van der Waals surface area contributed by atoms with Crippen LogP contribution in [0.5, 0.6) is 0 Å². The van der Waals surface area contributed by atoms with Crippen molar-refractivity contribution in [2.75, 3.05) is 7.05 Å². The second-order valence-electron chi connectivity index (χ2n) is 5.09. The molecule has 0 fully saturated rings. The van der Waals surface area contributed by atoms with Crippen LogP contribution in [0, 0.1) is 6.92 Å². The maximum Gasteiger partial charge on any atom is 0.0669 e. The third kappa shape index (κ3) is 3.24. The van der Waals surface area contributed by atoms with Crippen LogP contribution in [-0.2, 0) is 19.9 Å². The highest BCUT2D eigenvalue weighted by Crippen LogP contribution is 2.21. The highest BCUT2D eigenvalue weighted by molar-refractivity contribution is 5.27. The number of benzene rings is 1. The molecule has 1 heterocycles. The van der Waals surface area contributed by atoms with Gasteiger partial charge in [0.15, 0.2) is 0 Å². The van der Waals surface area contributed by atoms with E-state index in [0.29, 0.717) is 6.04 Å². The Bertz CT molecular complexity index is 525. The van der Waals surface area contributed by atoms with E-state index < -0.39 is 0 Å². The molecule has 0 saturated heterocycles. The molecule has 1 unspecified atom stereocenters. The van der Waals surface area contributed by atoms with E-state index in [1.807, 2.05) is 18.8 Å². The molecule has 2 rings (SSSR count). The van der Waals surface area contributed by atoms with Crippen molar-refractivity contribution in [1.82, 2.24) is 15.1 Å². The van der Waals surface area contributed by atoms with Gasteiger partial charge in [0.25, 0.3) is 0 Å². The summed E-state index contributed by atoms with van der Waals surface area (Å²) in [6, 6.07) is 9.09. The molecular formula is C16H23N3. The molecule has 0 aliphatic heterocycles. The van der Waals surface area contributed by atoms with Gasteiger partial charge in [0, 0.05) is 24.8 Å². The summed E-state index contributed by atoms with van der Waals surface area (Å²) in [5, 5.41) is 7.95. The molecule has 1 atom stereocenters. The molecular weight excluding hydrogens is 234 g/mol. The van der Waals surface area contributed by atoms with Crippen LogP contribution in [0.15, 0.2) is 30.5 Å². The fourth-order valence-corrected chi connectivity index (χ4v) is 2.45. The van der Waals surface area contributed by atoms with Gasteiger partial charge >= 0.3 is 0 Å². The lowest BCUT2D eigenvalue weighted by atomic mass is 9.98. The molecule has 102 valence electrons. The van der Waals surface area contributed by atoms with Crippen molar-refractivity contribution in [2.24, 2.45) is 7.05 Å². The number of aryl methyl sites for hydroxylation is 3. The van der Waals surface area contributed by atoms with E-state index in [4.69, 9.17) is 0 Å². The second-order valence-corrected chi connectivity index (χ2v) is 5.09. The van der Waals surface area contributed by atoms with Crippen LogP contribution in [0.25, 0.3) is 0 Å². The lowest BCUT2D eigenvalue weighted by Gasteiger charge is -2.16. The van der Waals surface area contributed by atoms with Gasteiger partial charge in [-0.05, 0) is 32.4 Å². The predicted molar refractivity (Wildman–Crippen MR) is 79.3 cm³/mol. The Kier molecular flexibility index (Phi) is 4.38. The summed E-state index contributed by atoms with van der Waals surface area (Å²) < 4.78 is 1.91. The SMILES string of the molecule is CCc1nn(C)cc1C(Cc1ccc(C)cc1)NC. The molecule has 1 aromatic heterocycles. The lowest BCUT2D eigenvalue weighted by molar-refractivity contribution is 0.586. The maximum absolute atomic E-state index is 4.53. The molecule has 0 aliphatic rings. The third-order valence-electron chi connectivity index (χ3n) is 3.56. The van der Waals surface area contributed by atoms with Gasteiger partial charge in [-0.15, -0.1) is 0 Å². The molecule has 19 heavy (non-hydrogen) atoms. The van der Waals surface area contributed by atoms with Crippen LogP contribution in [0.4, 0.5) is 0 Å². The smallest absolute Gasteiger partial charge is 0.0669 e. The molecule has 0 radical (unpaired) electrons. The van der Waals surface area contributed by atoms with E-state index in [0.717, 1.165) is 12.8 Å². The third-order valence-corrected chi connectivity index (χ3v) is 3.56. The zero-order valence-corrected chi connectivity index (χ0v) is 12.3. The number of nitrogens with one attached hydrogen (secondary N) is 1. The van der Waals surface area contributed by atoms with Gasteiger partial charge in [-0.3, -0.25) is 4.68 Å². The molecule has 3 nitrogen and oxygen atoms in total. The van der Waals surface area contributed by atoms with Crippen LogP contribution < -0.4 is 5.32 Å². The first kappa shape index (κ1) is 13.8. The minimum atomic E-state index is 0.325. The first-order valence-corrected chi connectivity index (χ1v) is 6.89. The highest BCUT2D eigenvalue weighted by atomic mass is 15.3. The van der Waals surface area contributed by atoms with Crippen molar-refractivity contribution in [2.45, 2.75) is 32.7 Å². The van der Waals surface area contributed by atoms with Crippen molar-refractivity contribution in [1.29, 1.82) is 0 Å². The monoisotopic (exact) mass is 257 g/mol. The van der Waals surface area contributed by atoms with Gasteiger partial charge in [-0.25, -0.2) is 0 Å². The molecule has 1 N–H and O–H groups in total. The Morgan fingerprint density at radius 3 is 2.53 bits per heavy atom. The number of hydrogen-bond donors (Lipinski definition) is 1. The zero-order valence-electron chi connectivity index (χ0n) is 12.3. The van der Waals surface area contributed by atoms with E-state index in [9.17, 15) is 0 Å². The van der Waals surface area contributed by atoms with Crippen LogP contribution in [0.1, 0.15) is 35.3 Å². The van der Waals surface area contributed by atoms with Crippen LogP contribution in [0.2, 0.25) is 0 Å². The van der Waals surface area contributed by atoms with Crippen molar-refractivity contribution in [3.63, 3.8) is 0 Å².